The highest BCUT2D eigenvalue weighted by molar-refractivity contribution is 7.10. The predicted molar refractivity (Wildman–Crippen MR) is 59.8 cm³/mol. The standard InChI is InChI=1S/C10H13N3OS/c1-6-7(2)15-5-8(6)10-12-9(4-11-3)13-14-10/h5,11H,4H2,1-3H3. The van der Waals surface area contributed by atoms with Gasteiger partial charge in [0.2, 0.25) is 0 Å². The van der Waals surface area contributed by atoms with Crippen LogP contribution in [-0.2, 0) is 6.54 Å². The van der Waals surface area contributed by atoms with Crippen LogP contribution in [0.1, 0.15) is 16.3 Å². The Morgan fingerprint density at radius 2 is 2.27 bits per heavy atom. The van der Waals surface area contributed by atoms with Crippen LogP contribution in [0, 0.1) is 13.8 Å². The fourth-order valence-corrected chi connectivity index (χ4v) is 2.18. The van der Waals surface area contributed by atoms with Crippen molar-refractivity contribution in [3.05, 3.63) is 21.6 Å². The lowest BCUT2D eigenvalue weighted by Crippen LogP contribution is -2.06. The zero-order chi connectivity index (χ0) is 10.8. The lowest BCUT2D eigenvalue weighted by atomic mass is 10.2. The normalized spacial score (nSPS) is 10.9. The summed E-state index contributed by atoms with van der Waals surface area (Å²) in [6, 6.07) is 0. The van der Waals surface area contributed by atoms with Crippen molar-refractivity contribution >= 4 is 11.3 Å². The van der Waals surface area contributed by atoms with E-state index in [2.05, 4.69) is 34.7 Å². The lowest BCUT2D eigenvalue weighted by molar-refractivity contribution is 0.420. The second-order valence-corrected chi connectivity index (χ2v) is 4.46. The molecular weight excluding hydrogens is 210 g/mol. The summed E-state index contributed by atoms with van der Waals surface area (Å²) in [4.78, 5) is 5.60. The second kappa shape index (κ2) is 4.12. The molecule has 4 nitrogen and oxygen atoms in total. The van der Waals surface area contributed by atoms with Crippen molar-refractivity contribution in [2.75, 3.05) is 7.05 Å². The van der Waals surface area contributed by atoms with E-state index in [4.69, 9.17) is 4.52 Å². The first-order chi connectivity index (χ1) is 7.22. The number of hydrogen-bond acceptors (Lipinski definition) is 5. The minimum atomic E-state index is 0.613. The van der Waals surface area contributed by atoms with Crippen molar-refractivity contribution < 1.29 is 4.52 Å². The molecule has 0 saturated carbocycles. The summed E-state index contributed by atoms with van der Waals surface area (Å²) in [7, 11) is 1.86. The van der Waals surface area contributed by atoms with E-state index < -0.39 is 0 Å². The molecule has 0 atom stereocenters. The molecular formula is C10H13N3OS. The summed E-state index contributed by atoms with van der Waals surface area (Å²) in [5.74, 6) is 1.30. The highest BCUT2D eigenvalue weighted by Gasteiger charge is 2.13. The summed E-state index contributed by atoms with van der Waals surface area (Å²) in [5, 5.41) is 8.93. The van der Waals surface area contributed by atoms with Gasteiger partial charge in [-0.15, -0.1) is 11.3 Å². The molecule has 0 radical (unpaired) electrons. The number of nitrogens with one attached hydrogen (secondary N) is 1. The van der Waals surface area contributed by atoms with Crippen LogP contribution in [0.4, 0.5) is 0 Å². The van der Waals surface area contributed by atoms with Crippen LogP contribution in [0.2, 0.25) is 0 Å². The average molecular weight is 223 g/mol. The third-order valence-corrected chi connectivity index (χ3v) is 3.33. The van der Waals surface area contributed by atoms with E-state index >= 15 is 0 Å². The monoisotopic (exact) mass is 223 g/mol. The van der Waals surface area contributed by atoms with Crippen molar-refractivity contribution in [3.8, 4) is 11.5 Å². The molecule has 0 amide bonds. The van der Waals surface area contributed by atoms with Crippen LogP contribution in [0.5, 0.6) is 0 Å². The first kappa shape index (κ1) is 10.3. The molecule has 2 heterocycles. The van der Waals surface area contributed by atoms with E-state index in [1.54, 1.807) is 11.3 Å². The molecule has 2 aromatic heterocycles. The molecule has 0 aliphatic rings. The van der Waals surface area contributed by atoms with Gasteiger partial charge in [0.05, 0.1) is 12.1 Å². The van der Waals surface area contributed by atoms with E-state index in [0.29, 0.717) is 18.3 Å². The van der Waals surface area contributed by atoms with Gasteiger partial charge in [0.25, 0.3) is 5.89 Å². The van der Waals surface area contributed by atoms with E-state index in [0.717, 1.165) is 5.56 Å². The molecule has 2 aromatic rings. The third-order valence-electron chi connectivity index (χ3n) is 2.32. The fourth-order valence-electron chi connectivity index (χ4n) is 1.32. The minimum Gasteiger partial charge on any atom is -0.334 e. The van der Waals surface area contributed by atoms with Gasteiger partial charge in [-0.2, -0.15) is 4.98 Å². The molecule has 2 rings (SSSR count). The number of hydrogen-bond donors (Lipinski definition) is 1. The summed E-state index contributed by atoms with van der Waals surface area (Å²) >= 11 is 1.71. The number of nitrogens with zero attached hydrogens (tertiary/aromatic N) is 2. The molecule has 0 fully saturated rings. The van der Waals surface area contributed by atoms with E-state index in [9.17, 15) is 0 Å². The van der Waals surface area contributed by atoms with Crippen molar-refractivity contribution in [3.63, 3.8) is 0 Å². The molecule has 80 valence electrons. The average Bonchev–Trinajstić information content (AvgIpc) is 2.77. The lowest BCUT2D eigenvalue weighted by Gasteiger charge is -1.92. The summed E-state index contributed by atoms with van der Waals surface area (Å²) in [6.45, 7) is 4.79. The highest BCUT2D eigenvalue weighted by atomic mass is 32.1. The van der Waals surface area contributed by atoms with Crippen LogP contribution in [0.25, 0.3) is 11.5 Å². The van der Waals surface area contributed by atoms with E-state index in [1.165, 1.54) is 10.4 Å². The number of aryl methyl sites for hydroxylation is 1. The number of aromatic nitrogens is 2. The van der Waals surface area contributed by atoms with Gasteiger partial charge >= 0.3 is 0 Å². The van der Waals surface area contributed by atoms with Gasteiger partial charge in [-0.3, -0.25) is 0 Å². The van der Waals surface area contributed by atoms with E-state index in [-0.39, 0.29) is 0 Å². The molecule has 0 unspecified atom stereocenters. The van der Waals surface area contributed by atoms with Crippen LogP contribution in [-0.4, -0.2) is 17.2 Å². The molecule has 0 spiro atoms. The Bertz CT molecular complexity index is 461. The van der Waals surface area contributed by atoms with Crippen LogP contribution in [0.3, 0.4) is 0 Å². The van der Waals surface area contributed by atoms with Crippen molar-refractivity contribution in [1.29, 1.82) is 0 Å². The van der Waals surface area contributed by atoms with Crippen LogP contribution < -0.4 is 5.32 Å². The quantitative estimate of drug-likeness (QED) is 0.866. The van der Waals surface area contributed by atoms with Gasteiger partial charge in [-0.25, -0.2) is 0 Å². The van der Waals surface area contributed by atoms with Crippen molar-refractivity contribution in [1.82, 2.24) is 15.5 Å². The summed E-state index contributed by atoms with van der Waals surface area (Å²) in [6.07, 6.45) is 0. The van der Waals surface area contributed by atoms with Gasteiger partial charge in [-0.05, 0) is 26.5 Å². The Hall–Kier alpha value is -1.20. The molecule has 0 saturated heterocycles. The minimum absolute atomic E-state index is 0.613. The summed E-state index contributed by atoms with van der Waals surface area (Å²) < 4.78 is 5.20. The van der Waals surface area contributed by atoms with Crippen molar-refractivity contribution in [2.24, 2.45) is 0 Å². The fraction of sp³-hybridized carbons (Fsp3) is 0.400. The Balaban J connectivity index is 2.33. The Kier molecular flexibility index (Phi) is 2.83. The zero-order valence-corrected chi connectivity index (χ0v) is 9.81. The Labute approximate surface area is 92.3 Å². The largest absolute Gasteiger partial charge is 0.334 e. The highest BCUT2D eigenvalue weighted by Crippen LogP contribution is 2.29. The van der Waals surface area contributed by atoms with Gasteiger partial charge in [0.15, 0.2) is 5.82 Å². The summed E-state index contributed by atoms with van der Waals surface area (Å²) in [5.41, 5.74) is 2.27. The smallest absolute Gasteiger partial charge is 0.259 e. The first-order valence-electron chi connectivity index (χ1n) is 4.74. The van der Waals surface area contributed by atoms with Gasteiger partial charge in [0, 0.05) is 10.3 Å². The number of rotatable bonds is 3. The molecule has 5 heteroatoms. The van der Waals surface area contributed by atoms with Crippen LogP contribution in [0.15, 0.2) is 9.90 Å². The Morgan fingerprint density at radius 3 is 2.87 bits per heavy atom. The molecule has 0 bridgehead atoms. The third kappa shape index (κ3) is 1.93. The molecule has 15 heavy (non-hydrogen) atoms. The SMILES string of the molecule is CNCc1noc(-c2csc(C)c2C)n1. The topological polar surface area (TPSA) is 51.0 Å². The van der Waals surface area contributed by atoms with Gasteiger partial charge in [-0.1, -0.05) is 5.16 Å². The van der Waals surface area contributed by atoms with E-state index in [1.807, 2.05) is 7.05 Å². The maximum atomic E-state index is 5.20. The van der Waals surface area contributed by atoms with Crippen molar-refractivity contribution in [2.45, 2.75) is 20.4 Å². The maximum Gasteiger partial charge on any atom is 0.259 e. The zero-order valence-electron chi connectivity index (χ0n) is 9.00. The van der Waals surface area contributed by atoms with Crippen LogP contribution >= 0.6 is 11.3 Å². The predicted octanol–water partition coefficient (Wildman–Crippen LogP) is 2.13. The number of thiophene rings is 1. The maximum absolute atomic E-state index is 5.20. The molecule has 0 aliphatic carbocycles. The van der Waals surface area contributed by atoms with Gasteiger partial charge in [0.1, 0.15) is 0 Å². The molecule has 0 aliphatic heterocycles. The second-order valence-electron chi connectivity index (χ2n) is 3.38. The molecule has 0 aromatic carbocycles. The molecule has 1 N–H and O–H groups in total. The first-order valence-corrected chi connectivity index (χ1v) is 5.62. The Morgan fingerprint density at radius 1 is 1.47 bits per heavy atom. The van der Waals surface area contributed by atoms with Gasteiger partial charge < -0.3 is 9.84 Å².